The Kier molecular flexibility index (Phi) is 8.39. The van der Waals surface area contributed by atoms with Gasteiger partial charge in [0.15, 0.2) is 0 Å². The quantitative estimate of drug-likeness (QED) is 0.529. The summed E-state index contributed by atoms with van der Waals surface area (Å²) in [5, 5.41) is 15.6. The van der Waals surface area contributed by atoms with Crippen LogP contribution in [-0.2, 0) is 19.1 Å². The minimum absolute atomic E-state index is 0.105. The second-order valence-corrected chi connectivity index (χ2v) is 7.67. The van der Waals surface area contributed by atoms with Gasteiger partial charge in [0, 0.05) is 13.1 Å². The highest BCUT2D eigenvalue weighted by Gasteiger charge is 2.29. The van der Waals surface area contributed by atoms with Crippen molar-refractivity contribution in [3.8, 4) is 0 Å². The lowest BCUT2D eigenvalue weighted by Gasteiger charge is -2.33. The van der Waals surface area contributed by atoms with Crippen LogP contribution in [-0.4, -0.2) is 79.5 Å². The average Bonchev–Trinajstić information content (AvgIpc) is 2.76. The third-order valence-electron chi connectivity index (χ3n) is 5.33. The highest BCUT2D eigenvalue weighted by molar-refractivity contribution is 5.79. The number of nitrogens with one attached hydrogen (secondary N) is 2. The first-order chi connectivity index (χ1) is 14.5. The van der Waals surface area contributed by atoms with E-state index in [2.05, 4.69) is 10.6 Å². The van der Waals surface area contributed by atoms with Gasteiger partial charge in [-0.25, -0.2) is 0 Å². The minimum Gasteiger partial charge on any atom is -0.394 e. The van der Waals surface area contributed by atoms with Crippen LogP contribution >= 0.6 is 0 Å². The van der Waals surface area contributed by atoms with Crippen LogP contribution in [0, 0.1) is 0 Å². The van der Waals surface area contributed by atoms with Gasteiger partial charge in [0.05, 0.1) is 51.0 Å². The number of ether oxygens (including phenoxy) is 2. The zero-order chi connectivity index (χ0) is 21.3. The van der Waals surface area contributed by atoms with Gasteiger partial charge in [-0.3, -0.25) is 14.5 Å². The van der Waals surface area contributed by atoms with Gasteiger partial charge in [-0.05, 0) is 12.5 Å². The van der Waals surface area contributed by atoms with Gasteiger partial charge in [0.25, 0.3) is 0 Å². The highest BCUT2D eigenvalue weighted by atomic mass is 16.5. The Hall–Kier alpha value is -2.26. The van der Waals surface area contributed by atoms with E-state index in [-0.39, 0.29) is 37.4 Å². The molecule has 0 aliphatic carbocycles. The third kappa shape index (κ3) is 6.63. The summed E-state index contributed by atoms with van der Waals surface area (Å²) in [6.07, 6.45) is 2.70. The Labute approximate surface area is 177 Å². The predicted octanol–water partition coefficient (Wildman–Crippen LogP) is 0.387. The van der Waals surface area contributed by atoms with Crippen LogP contribution in [0.1, 0.15) is 24.9 Å². The van der Waals surface area contributed by atoms with Crippen molar-refractivity contribution >= 4 is 11.8 Å². The average molecular weight is 418 g/mol. The van der Waals surface area contributed by atoms with Crippen LogP contribution in [0.25, 0.3) is 0 Å². The second kappa shape index (κ2) is 11.2. The van der Waals surface area contributed by atoms with Crippen molar-refractivity contribution in [1.82, 2.24) is 15.5 Å². The minimum atomic E-state index is -0.590. The zero-order valence-corrected chi connectivity index (χ0v) is 17.3. The van der Waals surface area contributed by atoms with E-state index >= 15 is 0 Å². The van der Waals surface area contributed by atoms with Crippen molar-refractivity contribution in [2.75, 3.05) is 39.5 Å². The van der Waals surface area contributed by atoms with E-state index in [1.54, 1.807) is 12.2 Å². The molecule has 3 N–H and O–H groups in total. The van der Waals surface area contributed by atoms with Crippen LogP contribution in [0.5, 0.6) is 0 Å². The summed E-state index contributed by atoms with van der Waals surface area (Å²) in [6.45, 7) is 4.69. The molecular weight excluding hydrogens is 386 g/mol. The molecule has 0 unspecified atom stereocenters. The van der Waals surface area contributed by atoms with Gasteiger partial charge < -0.3 is 25.2 Å². The lowest BCUT2D eigenvalue weighted by molar-refractivity contribution is -0.129. The molecule has 2 heterocycles. The van der Waals surface area contributed by atoms with Crippen LogP contribution in [0.3, 0.4) is 0 Å². The molecular formula is C22H31N3O5. The number of carbonyl (C=O) groups is 2. The van der Waals surface area contributed by atoms with Crippen molar-refractivity contribution in [1.29, 1.82) is 0 Å². The van der Waals surface area contributed by atoms with Crippen molar-refractivity contribution in [3.63, 3.8) is 0 Å². The summed E-state index contributed by atoms with van der Waals surface area (Å²) in [7, 11) is 0. The fourth-order valence-electron chi connectivity index (χ4n) is 3.64. The van der Waals surface area contributed by atoms with Gasteiger partial charge in [-0.15, -0.1) is 0 Å². The van der Waals surface area contributed by atoms with E-state index in [0.29, 0.717) is 13.2 Å². The Bertz CT molecular complexity index is 721. The van der Waals surface area contributed by atoms with E-state index in [0.717, 1.165) is 18.7 Å². The van der Waals surface area contributed by atoms with Crippen molar-refractivity contribution in [2.24, 2.45) is 0 Å². The summed E-state index contributed by atoms with van der Waals surface area (Å²) < 4.78 is 11.1. The maximum atomic E-state index is 12.4. The van der Waals surface area contributed by atoms with E-state index in [4.69, 9.17) is 9.47 Å². The molecule has 4 atom stereocenters. The SMILES string of the molecule is C[C@H](NC(=O)C[C@H]1C=C[C@@H](NC(=O)CN2CCOCC2)[C@H](CO)O1)c1ccccc1. The molecule has 8 nitrogen and oxygen atoms in total. The van der Waals surface area contributed by atoms with Crippen molar-refractivity contribution < 1.29 is 24.2 Å². The fourth-order valence-corrected chi connectivity index (χ4v) is 3.64. The summed E-state index contributed by atoms with van der Waals surface area (Å²) in [5.74, 6) is -0.256. The van der Waals surface area contributed by atoms with Gasteiger partial charge in [0.1, 0.15) is 6.10 Å². The van der Waals surface area contributed by atoms with Crippen molar-refractivity contribution in [2.45, 2.75) is 37.6 Å². The molecule has 8 heteroatoms. The lowest BCUT2D eigenvalue weighted by atomic mass is 10.0. The molecule has 0 saturated carbocycles. The summed E-state index contributed by atoms with van der Waals surface area (Å²) in [6, 6.07) is 9.21. The molecule has 0 bridgehead atoms. The second-order valence-electron chi connectivity index (χ2n) is 7.67. The first-order valence-electron chi connectivity index (χ1n) is 10.4. The number of aliphatic hydroxyl groups excluding tert-OH is 1. The lowest BCUT2D eigenvalue weighted by Crippen LogP contribution is -2.52. The molecule has 0 aromatic heterocycles. The molecule has 30 heavy (non-hydrogen) atoms. The predicted molar refractivity (Wildman–Crippen MR) is 112 cm³/mol. The molecule has 0 spiro atoms. The molecule has 1 aromatic carbocycles. The number of nitrogens with zero attached hydrogens (tertiary/aromatic N) is 1. The largest absolute Gasteiger partial charge is 0.394 e. The molecule has 1 saturated heterocycles. The van der Waals surface area contributed by atoms with Crippen molar-refractivity contribution in [3.05, 3.63) is 48.0 Å². The number of hydrogen-bond acceptors (Lipinski definition) is 6. The topological polar surface area (TPSA) is 100 Å². The Balaban J connectivity index is 1.47. The van der Waals surface area contributed by atoms with E-state index < -0.39 is 18.2 Å². The maximum Gasteiger partial charge on any atom is 0.234 e. The number of morpholine rings is 1. The zero-order valence-electron chi connectivity index (χ0n) is 17.3. The monoisotopic (exact) mass is 417 g/mol. The van der Waals surface area contributed by atoms with Crippen LogP contribution in [0.2, 0.25) is 0 Å². The number of hydrogen-bond donors (Lipinski definition) is 3. The summed E-state index contributed by atoms with van der Waals surface area (Å²) in [4.78, 5) is 26.8. The Morgan fingerprint density at radius 3 is 2.60 bits per heavy atom. The van der Waals surface area contributed by atoms with E-state index in [1.165, 1.54) is 0 Å². The van der Waals surface area contributed by atoms with Gasteiger partial charge >= 0.3 is 0 Å². The van der Waals surface area contributed by atoms with E-state index in [1.807, 2.05) is 42.2 Å². The normalized spacial score (nSPS) is 25.5. The fraction of sp³-hybridized carbons (Fsp3) is 0.545. The smallest absolute Gasteiger partial charge is 0.234 e. The number of amides is 2. The maximum absolute atomic E-state index is 12.4. The summed E-state index contributed by atoms with van der Waals surface area (Å²) >= 11 is 0. The molecule has 2 aliphatic heterocycles. The number of benzene rings is 1. The number of carbonyl (C=O) groups excluding carboxylic acids is 2. The standard InChI is InChI=1S/C22H31N3O5/c1-16(17-5-3-2-4-6-17)23-21(27)13-18-7-8-19(20(15-26)30-18)24-22(28)14-25-9-11-29-12-10-25/h2-8,16,18-20,26H,9-15H2,1H3,(H,23,27)(H,24,28)/t16-,18+,19+,20-/m0/s1. The number of aliphatic hydroxyl groups is 1. The van der Waals surface area contributed by atoms with Gasteiger partial charge in [0.2, 0.25) is 11.8 Å². The molecule has 164 valence electrons. The first kappa shape index (κ1) is 22.4. The van der Waals surface area contributed by atoms with Crippen LogP contribution in [0.15, 0.2) is 42.5 Å². The van der Waals surface area contributed by atoms with Gasteiger partial charge in [-0.2, -0.15) is 0 Å². The molecule has 0 radical (unpaired) electrons. The molecule has 1 fully saturated rings. The first-order valence-corrected chi connectivity index (χ1v) is 10.4. The number of rotatable bonds is 8. The molecule has 2 aliphatic rings. The Morgan fingerprint density at radius 1 is 1.17 bits per heavy atom. The molecule has 1 aromatic rings. The third-order valence-corrected chi connectivity index (χ3v) is 5.33. The highest BCUT2D eigenvalue weighted by Crippen LogP contribution is 2.17. The molecule has 2 amide bonds. The van der Waals surface area contributed by atoms with Crippen LogP contribution < -0.4 is 10.6 Å². The van der Waals surface area contributed by atoms with Gasteiger partial charge in [-0.1, -0.05) is 42.5 Å². The molecule has 3 rings (SSSR count). The Morgan fingerprint density at radius 2 is 1.90 bits per heavy atom. The van der Waals surface area contributed by atoms with E-state index in [9.17, 15) is 14.7 Å². The van der Waals surface area contributed by atoms with Crippen LogP contribution in [0.4, 0.5) is 0 Å². The summed E-state index contributed by atoms with van der Waals surface area (Å²) in [5.41, 5.74) is 1.03.